The van der Waals surface area contributed by atoms with Crippen molar-refractivity contribution in [1.29, 1.82) is 0 Å². The van der Waals surface area contributed by atoms with Crippen molar-refractivity contribution in [2.75, 3.05) is 26.3 Å². The van der Waals surface area contributed by atoms with E-state index in [0.717, 1.165) is 44.2 Å². The molecule has 3 atom stereocenters. The number of halogens is 1. The van der Waals surface area contributed by atoms with Crippen LogP contribution in [0.25, 0.3) is 0 Å². The number of nitrogens with zero attached hydrogens (tertiary/aromatic N) is 1. The van der Waals surface area contributed by atoms with Crippen molar-refractivity contribution < 1.29 is 9.26 Å². The van der Waals surface area contributed by atoms with Gasteiger partial charge < -0.3 is 19.9 Å². The van der Waals surface area contributed by atoms with Crippen molar-refractivity contribution in [3.05, 3.63) is 17.0 Å². The van der Waals surface area contributed by atoms with E-state index in [9.17, 15) is 0 Å². The van der Waals surface area contributed by atoms with Gasteiger partial charge in [-0.05, 0) is 45.6 Å². The Labute approximate surface area is 138 Å². The third-order valence-electron chi connectivity index (χ3n) is 5.00. The molecule has 2 aliphatic rings. The van der Waals surface area contributed by atoms with Gasteiger partial charge in [-0.15, -0.1) is 12.4 Å². The van der Waals surface area contributed by atoms with E-state index in [1.54, 1.807) is 0 Å². The molecule has 1 aliphatic heterocycles. The van der Waals surface area contributed by atoms with Gasteiger partial charge in [0.1, 0.15) is 5.76 Å². The molecular formula is C16H28ClN3O2. The van der Waals surface area contributed by atoms with Crippen LogP contribution in [0.3, 0.4) is 0 Å². The summed E-state index contributed by atoms with van der Waals surface area (Å²) in [5.74, 6) is 1.66. The third kappa shape index (κ3) is 4.02. The molecule has 5 nitrogen and oxygen atoms in total. The van der Waals surface area contributed by atoms with Crippen molar-refractivity contribution in [1.82, 2.24) is 15.8 Å². The fourth-order valence-electron chi connectivity index (χ4n) is 3.83. The number of aryl methyl sites for hydroxylation is 2. The molecule has 1 aliphatic carbocycles. The van der Waals surface area contributed by atoms with Crippen molar-refractivity contribution in [2.45, 2.75) is 51.6 Å². The maximum Gasteiger partial charge on any atom is 0.137 e. The largest absolute Gasteiger partial charge is 0.379 e. The molecule has 0 bridgehead atoms. The molecule has 3 rings (SSSR count). The fourth-order valence-corrected chi connectivity index (χ4v) is 3.83. The molecule has 0 aromatic carbocycles. The van der Waals surface area contributed by atoms with Crippen LogP contribution in [-0.2, 0) is 11.2 Å². The SMILES string of the molecule is Cc1noc(C)c1CCNC1CCCC1C1COCCN1.Cl. The van der Waals surface area contributed by atoms with E-state index >= 15 is 0 Å². The maximum atomic E-state index is 5.63. The summed E-state index contributed by atoms with van der Waals surface area (Å²) in [6.07, 6.45) is 4.92. The van der Waals surface area contributed by atoms with Gasteiger partial charge in [-0.3, -0.25) is 0 Å². The average molecular weight is 330 g/mol. The summed E-state index contributed by atoms with van der Waals surface area (Å²) in [6, 6.07) is 1.14. The Morgan fingerprint density at radius 2 is 2.18 bits per heavy atom. The zero-order valence-corrected chi connectivity index (χ0v) is 14.4. The van der Waals surface area contributed by atoms with Crippen molar-refractivity contribution in [2.24, 2.45) is 5.92 Å². The van der Waals surface area contributed by atoms with Crippen molar-refractivity contribution in [3.63, 3.8) is 0 Å². The number of ether oxygens (including phenoxy) is 1. The predicted octanol–water partition coefficient (Wildman–Crippen LogP) is 2.00. The molecule has 1 saturated carbocycles. The normalized spacial score (nSPS) is 28.5. The monoisotopic (exact) mass is 329 g/mol. The first-order valence-electron chi connectivity index (χ1n) is 8.22. The number of hydrogen-bond donors (Lipinski definition) is 2. The van der Waals surface area contributed by atoms with E-state index in [4.69, 9.17) is 9.26 Å². The number of rotatable bonds is 5. The quantitative estimate of drug-likeness (QED) is 0.865. The van der Waals surface area contributed by atoms with E-state index in [-0.39, 0.29) is 12.4 Å². The predicted molar refractivity (Wildman–Crippen MR) is 88.7 cm³/mol. The standard InChI is InChI=1S/C16H27N3O2.ClH/c1-11-13(12(2)21-19-11)6-7-17-15-5-3-4-14(15)16-10-20-9-8-18-16;/h14-18H,3-10H2,1-2H3;1H. The summed E-state index contributed by atoms with van der Waals surface area (Å²) < 4.78 is 10.9. The Bertz CT molecular complexity index is 441. The molecule has 0 radical (unpaired) electrons. The summed E-state index contributed by atoms with van der Waals surface area (Å²) in [5, 5.41) is 11.4. The summed E-state index contributed by atoms with van der Waals surface area (Å²) in [5.41, 5.74) is 2.29. The van der Waals surface area contributed by atoms with Gasteiger partial charge >= 0.3 is 0 Å². The van der Waals surface area contributed by atoms with Gasteiger partial charge in [-0.25, -0.2) is 0 Å². The van der Waals surface area contributed by atoms with Gasteiger partial charge in [0.15, 0.2) is 0 Å². The summed E-state index contributed by atoms with van der Waals surface area (Å²) >= 11 is 0. The highest BCUT2D eigenvalue weighted by molar-refractivity contribution is 5.85. The lowest BCUT2D eigenvalue weighted by atomic mass is 9.94. The van der Waals surface area contributed by atoms with E-state index in [0.29, 0.717) is 18.0 Å². The molecule has 3 unspecified atom stereocenters. The summed E-state index contributed by atoms with van der Waals surface area (Å²) in [6.45, 7) is 7.73. The van der Waals surface area contributed by atoms with Crippen LogP contribution in [-0.4, -0.2) is 43.5 Å². The fraction of sp³-hybridized carbons (Fsp3) is 0.812. The van der Waals surface area contributed by atoms with Crippen LogP contribution in [0, 0.1) is 19.8 Å². The lowest BCUT2D eigenvalue weighted by Crippen LogP contribution is -2.51. The second-order valence-electron chi connectivity index (χ2n) is 6.34. The second kappa shape index (κ2) is 8.29. The van der Waals surface area contributed by atoms with Crippen molar-refractivity contribution in [3.8, 4) is 0 Å². The number of aromatic nitrogens is 1. The molecule has 0 amide bonds. The Hall–Kier alpha value is -0.620. The number of morpholine rings is 1. The highest BCUT2D eigenvalue weighted by Crippen LogP contribution is 2.29. The first kappa shape index (κ1) is 17.7. The van der Waals surface area contributed by atoms with Crippen LogP contribution >= 0.6 is 12.4 Å². The number of hydrogen-bond acceptors (Lipinski definition) is 5. The summed E-state index contributed by atoms with van der Waals surface area (Å²) in [7, 11) is 0. The molecule has 6 heteroatoms. The maximum absolute atomic E-state index is 5.63. The lowest BCUT2D eigenvalue weighted by Gasteiger charge is -2.33. The first-order chi connectivity index (χ1) is 10.3. The average Bonchev–Trinajstić information content (AvgIpc) is 3.09. The zero-order chi connectivity index (χ0) is 14.7. The van der Waals surface area contributed by atoms with Crippen LogP contribution in [0.1, 0.15) is 36.3 Å². The summed E-state index contributed by atoms with van der Waals surface area (Å²) in [4.78, 5) is 0. The smallest absolute Gasteiger partial charge is 0.137 e. The van der Waals surface area contributed by atoms with E-state index in [1.807, 2.05) is 13.8 Å². The van der Waals surface area contributed by atoms with Crippen LogP contribution in [0.5, 0.6) is 0 Å². The van der Waals surface area contributed by atoms with Gasteiger partial charge in [-0.1, -0.05) is 11.6 Å². The molecule has 126 valence electrons. The first-order valence-corrected chi connectivity index (χ1v) is 8.22. The van der Waals surface area contributed by atoms with E-state index in [2.05, 4.69) is 15.8 Å². The van der Waals surface area contributed by atoms with Crippen LogP contribution in [0.15, 0.2) is 4.52 Å². The molecule has 1 aromatic rings. The molecule has 1 saturated heterocycles. The molecule has 2 heterocycles. The highest BCUT2D eigenvalue weighted by atomic mass is 35.5. The van der Waals surface area contributed by atoms with Gasteiger partial charge in [-0.2, -0.15) is 0 Å². The molecule has 2 fully saturated rings. The topological polar surface area (TPSA) is 59.3 Å². The Balaban J connectivity index is 0.00000176. The molecule has 0 spiro atoms. The third-order valence-corrected chi connectivity index (χ3v) is 5.00. The van der Waals surface area contributed by atoms with Gasteiger partial charge in [0.05, 0.1) is 18.9 Å². The molecule has 1 aromatic heterocycles. The minimum atomic E-state index is 0. The van der Waals surface area contributed by atoms with Crippen LogP contribution in [0.2, 0.25) is 0 Å². The highest BCUT2D eigenvalue weighted by Gasteiger charge is 2.34. The van der Waals surface area contributed by atoms with Crippen LogP contribution < -0.4 is 10.6 Å². The van der Waals surface area contributed by atoms with E-state index < -0.39 is 0 Å². The lowest BCUT2D eigenvalue weighted by molar-refractivity contribution is 0.0526. The van der Waals surface area contributed by atoms with E-state index in [1.165, 1.54) is 24.8 Å². The van der Waals surface area contributed by atoms with Gasteiger partial charge in [0, 0.05) is 24.2 Å². The Kier molecular flexibility index (Phi) is 6.68. The van der Waals surface area contributed by atoms with Crippen LogP contribution in [0.4, 0.5) is 0 Å². The van der Waals surface area contributed by atoms with Gasteiger partial charge in [0.25, 0.3) is 0 Å². The molecular weight excluding hydrogens is 302 g/mol. The molecule has 2 N–H and O–H groups in total. The van der Waals surface area contributed by atoms with Gasteiger partial charge in [0.2, 0.25) is 0 Å². The minimum Gasteiger partial charge on any atom is -0.379 e. The molecule has 22 heavy (non-hydrogen) atoms. The second-order valence-corrected chi connectivity index (χ2v) is 6.34. The zero-order valence-electron chi connectivity index (χ0n) is 13.6. The number of nitrogens with one attached hydrogen (secondary N) is 2. The Morgan fingerprint density at radius 1 is 1.32 bits per heavy atom. The Morgan fingerprint density at radius 3 is 2.86 bits per heavy atom. The minimum absolute atomic E-state index is 0. The van der Waals surface area contributed by atoms with Crippen molar-refractivity contribution >= 4 is 12.4 Å².